The quantitative estimate of drug-likeness (QED) is 0.462. The van der Waals surface area contributed by atoms with Crippen molar-refractivity contribution in [1.82, 2.24) is 5.32 Å². The number of nitrogens with one attached hydrogen (secondary N) is 2. The maximum atomic E-state index is 12.5. The lowest BCUT2D eigenvalue weighted by Crippen LogP contribution is -2.36. The Morgan fingerprint density at radius 3 is 2.48 bits per heavy atom. The molecule has 3 rings (SSSR count). The lowest BCUT2D eigenvalue weighted by atomic mass is 9.95. The van der Waals surface area contributed by atoms with Crippen molar-refractivity contribution in [3.05, 3.63) is 59.2 Å². The highest BCUT2D eigenvalue weighted by Gasteiger charge is 2.18. The van der Waals surface area contributed by atoms with Crippen LogP contribution in [0.1, 0.15) is 43.2 Å². The Morgan fingerprint density at radius 2 is 1.82 bits per heavy atom. The number of rotatable bonds is 8. The van der Waals surface area contributed by atoms with Crippen LogP contribution in [-0.4, -0.2) is 31.6 Å². The summed E-state index contributed by atoms with van der Waals surface area (Å²) in [5.74, 6) is 0.128. The molecule has 2 amide bonds. The van der Waals surface area contributed by atoms with Gasteiger partial charge < -0.3 is 20.1 Å². The molecule has 1 aliphatic rings. The highest BCUT2D eigenvalue weighted by atomic mass is 16.5. The standard InChI is InChI=1S/C26H29N3O4/c1-18-8-11-22(12-9-18)28-25(30)17-33-23-13-10-19(15-24(23)32-2)14-20(16-27)26(31)29-21-6-4-3-5-7-21/h8-15,21H,3-7,17H2,1-2H3,(H,28,30)(H,29,31)/b20-14+. The third kappa shape index (κ3) is 7.11. The summed E-state index contributed by atoms with van der Waals surface area (Å²) in [5, 5.41) is 15.2. The number of amides is 2. The summed E-state index contributed by atoms with van der Waals surface area (Å²) in [4.78, 5) is 24.7. The monoisotopic (exact) mass is 447 g/mol. The van der Waals surface area contributed by atoms with Crippen LogP contribution < -0.4 is 20.1 Å². The summed E-state index contributed by atoms with van der Waals surface area (Å²) >= 11 is 0. The second-order valence-electron chi connectivity index (χ2n) is 8.09. The molecule has 1 saturated carbocycles. The number of aryl methyl sites for hydroxylation is 1. The van der Waals surface area contributed by atoms with Crippen molar-refractivity contribution in [2.24, 2.45) is 0 Å². The van der Waals surface area contributed by atoms with E-state index in [4.69, 9.17) is 9.47 Å². The van der Waals surface area contributed by atoms with Gasteiger partial charge in [-0.3, -0.25) is 9.59 Å². The van der Waals surface area contributed by atoms with Crippen molar-refractivity contribution in [3.63, 3.8) is 0 Å². The summed E-state index contributed by atoms with van der Waals surface area (Å²) in [6.45, 7) is 1.79. The summed E-state index contributed by atoms with van der Waals surface area (Å²) in [5.41, 5.74) is 2.46. The molecule has 1 aliphatic carbocycles. The fraction of sp³-hybridized carbons (Fsp3) is 0.346. The highest BCUT2D eigenvalue weighted by molar-refractivity contribution is 6.01. The molecular formula is C26H29N3O4. The predicted molar refractivity (Wildman–Crippen MR) is 127 cm³/mol. The van der Waals surface area contributed by atoms with Gasteiger partial charge in [0, 0.05) is 11.7 Å². The molecule has 0 bridgehead atoms. The topological polar surface area (TPSA) is 100 Å². The van der Waals surface area contributed by atoms with Gasteiger partial charge in [-0.05, 0) is 55.7 Å². The SMILES string of the molecule is COc1cc(/C=C(\C#N)C(=O)NC2CCCCC2)ccc1OCC(=O)Nc1ccc(C)cc1. The number of nitriles is 1. The van der Waals surface area contributed by atoms with Crippen LogP contribution in [0.2, 0.25) is 0 Å². The van der Waals surface area contributed by atoms with E-state index in [0.717, 1.165) is 31.2 Å². The summed E-state index contributed by atoms with van der Waals surface area (Å²) < 4.78 is 11.0. The molecule has 1 fully saturated rings. The number of benzene rings is 2. The number of carbonyl (C=O) groups excluding carboxylic acids is 2. The number of hydrogen-bond donors (Lipinski definition) is 2. The van der Waals surface area contributed by atoms with E-state index < -0.39 is 0 Å². The van der Waals surface area contributed by atoms with E-state index in [9.17, 15) is 14.9 Å². The predicted octanol–water partition coefficient (Wildman–Crippen LogP) is 4.38. The molecule has 33 heavy (non-hydrogen) atoms. The molecule has 0 atom stereocenters. The van der Waals surface area contributed by atoms with E-state index in [-0.39, 0.29) is 30.0 Å². The summed E-state index contributed by atoms with van der Waals surface area (Å²) in [6.07, 6.45) is 6.80. The summed E-state index contributed by atoms with van der Waals surface area (Å²) in [7, 11) is 1.49. The molecule has 0 radical (unpaired) electrons. The van der Waals surface area contributed by atoms with Gasteiger partial charge in [-0.1, -0.05) is 43.0 Å². The van der Waals surface area contributed by atoms with Crippen LogP contribution in [0.5, 0.6) is 11.5 Å². The zero-order chi connectivity index (χ0) is 23.6. The Balaban J connectivity index is 1.62. The first kappa shape index (κ1) is 23.9. The fourth-order valence-electron chi connectivity index (χ4n) is 3.70. The van der Waals surface area contributed by atoms with Gasteiger partial charge in [-0.15, -0.1) is 0 Å². The average Bonchev–Trinajstić information content (AvgIpc) is 2.83. The van der Waals surface area contributed by atoms with Crippen LogP contribution in [-0.2, 0) is 9.59 Å². The molecule has 2 N–H and O–H groups in total. The van der Waals surface area contributed by atoms with E-state index in [1.54, 1.807) is 18.2 Å². The molecule has 0 heterocycles. The minimum atomic E-state index is -0.364. The smallest absolute Gasteiger partial charge is 0.262 e. The van der Waals surface area contributed by atoms with E-state index in [1.807, 2.05) is 37.3 Å². The largest absolute Gasteiger partial charge is 0.493 e. The lowest BCUT2D eigenvalue weighted by Gasteiger charge is -2.22. The molecule has 2 aromatic carbocycles. The number of methoxy groups -OCH3 is 1. The first-order chi connectivity index (χ1) is 16.0. The molecule has 7 heteroatoms. The number of ether oxygens (including phenoxy) is 2. The van der Waals surface area contributed by atoms with Gasteiger partial charge in [0.05, 0.1) is 7.11 Å². The Kier molecular flexibility index (Phi) is 8.48. The van der Waals surface area contributed by atoms with Gasteiger partial charge >= 0.3 is 0 Å². The molecule has 0 unspecified atom stereocenters. The second kappa shape index (κ2) is 11.7. The lowest BCUT2D eigenvalue weighted by molar-refractivity contribution is -0.118. The van der Waals surface area contributed by atoms with Crippen LogP contribution >= 0.6 is 0 Å². The van der Waals surface area contributed by atoms with E-state index in [2.05, 4.69) is 10.6 Å². The zero-order valence-corrected chi connectivity index (χ0v) is 19.0. The molecule has 0 saturated heterocycles. The second-order valence-corrected chi connectivity index (χ2v) is 8.09. The van der Waals surface area contributed by atoms with Crippen LogP contribution in [0.15, 0.2) is 48.0 Å². The third-order valence-corrected chi connectivity index (χ3v) is 5.50. The fourth-order valence-corrected chi connectivity index (χ4v) is 3.70. The molecule has 0 spiro atoms. The first-order valence-corrected chi connectivity index (χ1v) is 11.1. The molecule has 0 aliphatic heterocycles. The molecular weight excluding hydrogens is 418 g/mol. The molecule has 2 aromatic rings. The molecule has 172 valence electrons. The Labute approximate surface area is 194 Å². The van der Waals surface area contributed by atoms with Crippen LogP contribution in [0.25, 0.3) is 6.08 Å². The molecule has 7 nitrogen and oxygen atoms in total. The third-order valence-electron chi connectivity index (χ3n) is 5.50. The Bertz CT molecular complexity index is 1050. The van der Waals surface area contributed by atoms with Crippen molar-refractivity contribution >= 4 is 23.6 Å². The van der Waals surface area contributed by atoms with Gasteiger partial charge in [0.25, 0.3) is 11.8 Å². The van der Waals surface area contributed by atoms with Crippen molar-refractivity contribution in [2.75, 3.05) is 19.0 Å². The van der Waals surface area contributed by atoms with Crippen LogP contribution in [0.3, 0.4) is 0 Å². The van der Waals surface area contributed by atoms with E-state index in [1.165, 1.54) is 19.6 Å². The maximum absolute atomic E-state index is 12.5. The van der Waals surface area contributed by atoms with Crippen LogP contribution in [0, 0.1) is 18.3 Å². The Hall–Kier alpha value is -3.79. The van der Waals surface area contributed by atoms with Gasteiger partial charge in [0.1, 0.15) is 11.6 Å². The van der Waals surface area contributed by atoms with Crippen molar-refractivity contribution in [2.45, 2.75) is 45.1 Å². The van der Waals surface area contributed by atoms with E-state index in [0.29, 0.717) is 22.7 Å². The minimum absolute atomic E-state index is 0.0359. The van der Waals surface area contributed by atoms with Gasteiger partial charge in [-0.2, -0.15) is 5.26 Å². The van der Waals surface area contributed by atoms with Crippen LogP contribution in [0.4, 0.5) is 5.69 Å². The average molecular weight is 448 g/mol. The van der Waals surface area contributed by atoms with Crippen molar-refractivity contribution < 1.29 is 19.1 Å². The van der Waals surface area contributed by atoms with Gasteiger partial charge in [-0.25, -0.2) is 0 Å². The minimum Gasteiger partial charge on any atom is -0.493 e. The highest BCUT2D eigenvalue weighted by Crippen LogP contribution is 2.29. The number of nitrogens with zero attached hydrogens (tertiary/aromatic N) is 1. The first-order valence-electron chi connectivity index (χ1n) is 11.1. The number of hydrogen-bond acceptors (Lipinski definition) is 5. The molecule has 0 aromatic heterocycles. The zero-order valence-electron chi connectivity index (χ0n) is 19.0. The van der Waals surface area contributed by atoms with Gasteiger partial charge in [0.15, 0.2) is 18.1 Å². The number of carbonyl (C=O) groups is 2. The maximum Gasteiger partial charge on any atom is 0.262 e. The summed E-state index contributed by atoms with van der Waals surface area (Å²) in [6, 6.07) is 14.6. The Morgan fingerprint density at radius 1 is 1.09 bits per heavy atom. The normalized spacial score (nSPS) is 14.2. The van der Waals surface area contributed by atoms with Crippen molar-refractivity contribution in [1.29, 1.82) is 5.26 Å². The number of anilines is 1. The van der Waals surface area contributed by atoms with Gasteiger partial charge in [0.2, 0.25) is 0 Å². The van der Waals surface area contributed by atoms with E-state index >= 15 is 0 Å². The van der Waals surface area contributed by atoms with Crippen molar-refractivity contribution in [3.8, 4) is 17.6 Å².